The molecule has 2 rings (SSSR count). The van der Waals surface area contributed by atoms with Crippen LogP contribution in [0.15, 0.2) is 0 Å². The number of carbonyl (C=O) groups is 1. The van der Waals surface area contributed by atoms with Crippen molar-refractivity contribution >= 4 is 5.97 Å². The third-order valence-corrected chi connectivity index (χ3v) is 4.22. The molecular weight excluding hydrogens is 232 g/mol. The SMILES string of the molecule is COCCN(C1CC1)C1CCCC(N)(C(=O)O)C1. The molecule has 5 nitrogen and oxygen atoms in total. The average Bonchev–Trinajstić information content (AvgIpc) is 3.14. The van der Waals surface area contributed by atoms with E-state index in [1.807, 2.05) is 0 Å². The maximum atomic E-state index is 11.3. The predicted octanol–water partition coefficient (Wildman–Crippen LogP) is 0.822. The molecule has 2 atom stereocenters. The number of carboxylic acid groups (broad SMARTS) is 1. The fraction of sp³-hybridized carbons (Fsp3) is 0.923. The molecule has 18 heavy (non-hydrogen) atoms. The van der Waals surface area contributed by atoms with Crippen LogP contribution in [-0.2, 0) is 9.53 Å². The summed E-state index contributed by atoms with van der Waals surface area (Å²) in [5, 5.41) is 9.26. The second-order valence-corrected chi connectivity index (χ2v) is 5.67. The van der Waals surface area contributed by atoms with Crippen LogP contribution in [0.4, 0.5) is 0 Å². The Balaban J connectivity index is 1.99. The van der Waals surface area contributed by atoms with Gasteiger partial charge in [-0.05, 0) is 38.5 Å². The third-order valence-electron chi connectivity index (χ3n) is 4.22. The molecule has 0 aromatic carbocycles. The van der Waals surface area contributed by atoms with Crippen molar-refractivity contribution in [1.82, 2.24) is 4.90 Å². The smallest absolute Gasteiger partial charge is 0.323 e. The van der Waals surface area contributed by atoms with Crippen LogP contribution in [0.3, 0.4) is 0 Å². The van der Waals surface area contributed by atoms with Gasteiger partial charge in [-0.3, -0.25) is 9.69 Å². The first-order valence-electron chi connectivity index (χ1n) is 6.84. The lowest BCUT2D eigenvalue weighted by Crippen LogP contribution is -2.56. The summed E-state index contributed by atoms with van der Waals surface area (Å²) >= 11 is 0. The van der Waals surface area contributed by atoms with Gasteiger partial charge in [0.2, 0.25) is 0 Å². The molecule has 3 N–H and O–H groups in total. The number of methoxy groups -OCH3 is 1. The lowest BCUT2D eigenvalue weighted by atomic mass is 9.79. The van der Waals surface area contributed by atoms with E-state index in [-0.39, 0.29) is 0 Å². The zero-order valence-corrected chi connectivity index (χ0v) is 11.1. The highest BCUT2D eigenvalue weighted by Gasteiger charge is 2.43. The van der Waals surface area contributed by atoms with Crippen molar-refractivity contribution in [1.29, 1.82) is 0 Å². The van der Waals surface area contributed by atoms with E-state index in [1.54, 1.807) is 7.11 Å². The molecule has 0 aromatic heterocycles. The van der Waals surface area contributed by atoms with Crippen molar-refractivity contribution in [2.75, 3.05) is 20.3 Å². The molecule has 0 bridgehead atoms. The fourth-order valence-corrected chi connectivity index (χ4v) is 3.02. The van der Waals surface area contributed by atoms with E-state index in [4.69, 9.17) is 10.5 Å². The number of ether oxygens (including phenoxy) is 1. The molecule has 2 saturated carbocycles. The molecule has 0 saturated heterocycles. The van der Waals surface area contributed by atoms with Gasteiger partial charge in [-0.2, -0.15) is 0 Å². The summed E-state index contributed by atoms with van der Waals surface area (Å²) in [5.41, 5.74) is 5.00. The largest absolute Gasteiger partial charge is 0.480 e. The van der Waals surface area contributed by atoms with Crippen LogP contribution < -0.4 is 5.73 Å². The van der Waals surface area contributed by atoms with Crippen LogP contribution in [0.2, 0.25) is 0 Å². The molecule has 104 valence electrons. The molecule has 0 radical (unpaired) electrons. The first kappa shape index (κ1) is 13.8. The van der Waals surface area contributed by atoms with E-state index >= 15 is 0 Å². The molecule has 2 aliphatic rings. The predicted molar refractivity (Wildman–Crippen MR) is 68.4 cm³/mol. The van der Waals surface area contributed by atoms with Gasteiger partial charge in [0.1, 0.15) is 5.54 Å². The van der Waals surface area contributed by atoms with E-state index in [1.165, 1.54) is 12.8 Å². The molecule has 2 fully saturated rings. The first-order chi connectivity index (χ1) is 8.57. The highest BCUT2D eigenvalue weighted by Crippen LogP contribution is 2.36. The Labute approximate surface area is 108 Å². The average molecular weight is 256 g/mol. The van der Waals surface area contributed by atoms with Crippen molar-refractivity contribution in [3.05, 3.63) is 0 Å². The molecule has 2 unspecified atom stereocenters. The van der Waals surface area contributed by atoms with Crippen molar-refractivity contribution < 1.29 is 14.6 Å². The van der Waals surface area contributed by atoms with Gasteiger partial charge in [-0.25, -0.2) is 0 Å². The van der Waals surface area contributed by atoms with Gasteiger partial charge in [0.15, 0.2) is 0 Å². The Bertz CT molecular complexity index is 307. The molecule has 0 heterocycles. The molecular formula is C13H24N2O3. The minimum absolute atomic E-state index is 0.308. The number of aliphatic carboxylic acids is 1. The van der Waals surface area contributed by atoms with Gasteiger partial charge in [0.25, 0.3) is 0 Å². The third kappa shape index (κ3) is 3.02. The minimum Gasteiger partial charge on any atom is -0.480 e. The van der Waals surface area contributed by atoms with Gasteiger partial charge in [-0.1, -0.05) is 0 Å². The van der Waals surface area contributed by atoms with Crippen molar-refractivity contribution in [3.8, 4) is 0 Å². The van der Waals surface area contributed by atoms with E-state index in [9.17, 15) is 9.90 Å². The second-order valence-electron chi connectivity index (χ2n) is 5.67. The van der Waals surface area contributed by atoms with Gasteiger partial charge in [0.05, 0.1) is 6.61 Å². The van der Waals surface area contributed by atoms with Crippen LogP contribution in [0.1, 0.15) is 38.5 Å². The number of nitrogens with two attached hydrogens (primary N) is 1. The molecule has 0 aliphatic heterocycles. The van der Waals surface area contributed by atoms with Crippen LogP contribution in [-0.4, -0.2) is 53.9 Å². The molecule has 0 spiro atoms. The molecule has 0 aromatic rings. The fourth-order valence-electron chi connectivity index (χ4n) is 3.02. The number of nitrogens with zero attached hydrogens (tertiary/aromatic N) is 1. The van der Waals surface area contributed by atoms with Crippen molar-refractivity contribution in [3.63, 3.8) is 0 Å². The Morgan fingerprint density at radius 3 is 2.72 bits per heavy atom. The van der Waals surface area contributed by atoms with Crippen LogP contribution in [0, 0.1) is 0 Å². The minimum atomic E-state index is -1.02. The number of carboxylic acids is 1. The lowest BCUT2D eigenvalue weighted by Gasteiger charge is -2.40. The first-order valence-corrected chi connectivity index (χ1v) is 6.84. The summed E-state index contributed by atoms with van der Waals surface area (Å²) in [6.07, 6.45) is 5.59. The summed E-state index contributed by atoms with van der Waals surface area (Å²) in [7, 11) is 1.70. The van der Waals surface area contributed by atoms with Gasteiger partial charge < -0.3 is 15.6 Å². The topological polar surface area (TPSA) is 75.8 Å². The van der Waals surface area contributed by atoms with E-state index in [0.717, 1.165) is 19.4 Å². The number of rotatable bonds is 6. The maximum Gasteiger partial charge on any atom is 0.323 e. The lowest BCUT2D eigenvalue weighted by molar-refractivity contribution is -0.145. The van der Waals surface area contributed by atoms with E-state index in [0.29, 0.717) is 31.5 Å². The highest BCUT2D eigenvalue weighted by atomic mass is 16.5. The standard InChI is InChI=1S/C13H24N2O3/c1-18-8-7-15(10-4-5-10)11-3-2-6-13(14,9-11)12(16)17/h10-11H,2-9,14H2,1H3,(H,16,17). The quantitative estimate of drug-likeness (QED) is 0.736. The Morgan fingerprint density at radius 1 is 1.44 bits per heavy atom. The van der Waals surface area contributed by atoms with E-state index < -0.39 is 11.5 Å². The zero-order valence-electron chi connectivity index (χ0n) is 11.1. The summed E-state index contributed by atoms with van der Waals surface area (Å²) in [5.74, 6) is -0.852. The normalized spacial score (nSPS) is 32.7. The maximum absolute atomic E-state index is 11.3. The highest BCUT2D eigenvalue weighted by molar-refractivity contribution is 5.78. The number of hydrogen-bond donors (Lipinski definition) is 2. The second kappa shape index (κ2) is 5.55. The molecule has 2 aliphatic carbocycles. The Hall–Kier alpha value is -0.650. The van der Waals surface area contributed by atoms with Crippen LogP contribution in [0.25, 0.3) is 0 Å². The Morgan fingerprint density at radius 2 is 2.17 bits per heavy atom. The monoisotopic (exact) mass is 256 g/mol. The summed E-state index contributed by atoms with van der Waals surface area (Å²) in [4.78, 5) is 13.7. The van der Waals surface area contributed by atoms with Crippen LogP contribution >= 0.6 is 0 Å². The Kier molecular flexibility index (Phi) is 4.25. The van der Waals surface area contributed by atoms with Gasteiger partial charge >= 0.3 is 5.97 Å². The van der Waals surface area contributed by atoms with Crippen LogP contribution in [0.5, 0.6) is 0 Å². The summed E-state index contributed by atoms with van der Waals surface area (Å²) < 4.78 is 5.15. The summed E-state index contributed by atoms with van der Waals surface area (Å²) in [6.45, 7) is 1.60. The van der Waals surface area contributed by atoms with Crippen molar-refractivity contribution in [2.24, 2.45) is 5.73 Å². The van der Waals surface area contributed by atoms with Gasteiger partial charge in [0, 0.05) is 25.7 Å². The molecule has 5 heteroatoms. The molecule has 0 amide bonds. The summed E-state index contributed by atoms with van der Waals surface area (Å²) in [6, 6.07) is 0.934. The number of hydrogen-bond acceptors (Lipinski definition) is 4. The zero-order chi connectivity index (χ0) is 13.2. The van der Waals surface area contributed by atoms with Crippen molar-refractivity contribution in [2.45, 2.75) is 56.1 Å². The van der Waals surface area contributed by atoms with E-state index in [2.05, 4.69) is 4.90 Å². The van der Waals surface area contributed by atoms with Gasteiger partial charge in [-0.15, -0.1) is 0 Å².